The van der Waals surface area contributed by atoms with E-state index in [0.717, 1.165) is 12.1 Å². The van der Waals surface area contributed by atoms with Crippen molar-refractivity contribution in [2.75, 3.05) is 0 Å². The van der Waals surface area contributed by atoms with Crippen LogP contribution in [0.2, 0.25) is 0 Å². The van der Waals surface area contributed by atoms with E-state index < -0.39 is 0 Å². The van der Waals surface area contributed by atoms with Gasteiger partial charge in [0, 0.05) is 25.0 Å². The van der Waals surface area contributed by atoms with Crippen LogP contribution in [-0.2, 0) is 6.54 Å². The summed E-state index contributed by atoms with van der Waals surface area (Å²) in [6.07, 6.45) is 3.59. The minimum Gasteiger partial charge on any atom is -0.508 e. The van der Waals surface area contributed by atoms with Gasteiger partial charge in [-0.05, 0) is 42.3 Å². The molecule has 17 heavy (non-hydrogen) atoms. The van der Waals surface area contributed by atoms with Crippen LogP contribution in [0.4, 0.5) is 0 Å². The molecule has 1 aromatic carbocycles. The minimum atomic E-state index is 0.253. The highest BCUT2D eigenvalue weighted by atomic mass is 16.3. The van der Waals surface area contributed by atoms with E-state index in [1.165, 1.54) is 5.56 Å². The third-order valence-corrected chi connectivity index (χ3v) is 2.75. The first kappa shape index (κ1) is 11.6. The highest BCUT2D eigenvalue weighted by Gasteiger charge is 2.04. The van der Waals surface area contributed by atoms with E-state index in [4.69, 9.17) is 0 Å². The van der Waals surface area contributed by atoms with Crippen LogP contribution in [0.3, 0.4) is 0 Å². The fraction of sp³-hybridized carbons (Fsp3) is 0.214. The van der Waals surface area contributed by atoms with Crippen LogP contribution in [0.15, 0.2) is 48.8 Å². The number of phenolic OH excluding ortho intramolecular Hbond substituents is 1. The van der Waals surface area contributed by atoms with Gasteiger partial charge in [-0.1, -0.05) is 12.1 Å². The van der Waals surface area contributed by atoms with Crippen molar-refractivity contribution in [1.29, 1.82) is 0 Å². The first-order valence-corrected chi connectivity index (χ1v) is 5.67. The molecule has 1 unspecified atom stereocenters. The molecule has 3 nitrogen and oxygen atoms in total. The molecule has 2 N–H and O–H groups in total. The summed E-state index contributed by atoms with van der Waals surface area (Å²) in [6, 6.07) is 11.5. The zero-order chi connectivity index (χ0) is 12.1. The molecular formula is C14H16N2O. The lowest BCUT2D eigenvalue weighted by molar-refractivity contribution is 0.474. The molecular weight excluding hydrogens is 212 g/mol. The number of nitrogens with zero attached hydrogens (tertiary/aromatic N) is 1. The molecule has 0 radical (unpaired) electrons. The summed E-state index contributed by atoms with van der Waals surface area (Å²) in [5.41, 5.74) is 2.38. The third-order valence-electron chi connectivity index (χ3n) is 2.75. The van der Waals surface area contributed by atoms with E-state index in [-0.39, 0.29) is 6.04 Å². The molecule has 2 rings (SSSR count). The monoisotopic (exact) mass is 228 g/mol. The molecule has 0 saturated carbocycles. The Balaban J connectivity index is 1.93. The Bertz CT molecular complexity index is 453. The summed E-state index contributed by atoms with van der Waals surface area (Å²) >= 11 is 0. The lowest BCUT2D eigenvalue weighted by Gasteiger charge is -2.14. The maximum absolute atomic E-state index is 9.22. The van der Waals surface area contributed by atoms with Gasteiger partial charge in [0.05, 0.1) is 0 Å². The SMILES string of the molecule is CC(NCc1ccncc1)c1ccc(O)cc1. The molecule has 0 fully saturated rings. The first-order chi connectivity index (χ1) is 8.25. The number of phenols is 1. The molecule has 0 aliphatic rings. The minimum absolute atomic E-state index is 0.253. The highest BCUT2D eigenvalue weighted by Crippen LogP contribution is 2.16. The first-order valence-electron chi connectivity index (χ1n) is 5.67. The van der Waals surface area contributed by atoms with Gasteiger partial charge in [0.15, 0.2) is 0 Å². The second kappa shape index (κ2) is 5.46. The second-order valence-electron chi connectivity index (χ2n) is 4.05. The third kappa shape index (κ3) is 3.29. The van der Waals surface area contributed by atoms with Crippen molar-refractivity contribution >= 4 is 0 Å². The molecule has 0 amide bonds. The van der Waals surface area contributed by atoms with Gasteiger partial charge in [-0.3, -0.25) is 4.98 Å². The van der Waals surface area contributed by atoms with Crippen molar-refractivity contribution in [2.45, 2.75) is 19.5 Å². The van der Waals surface area contributed by atoms with E-state index >= 15 is 0 Å². The van der Waals surface area contributed by atoms with Crippen LogP contribution < -0.4 is 5.32 Å². The number of nitrogens with one attached hydrogen (secondary N) is 1. The van der Waals surface area contributed by atoms with Crippen molar-refractivity contribution in [3.63, 3.8) is 0 Å². The van der Waals surface area contributed by atoms with Crippen molar-refractivity contribution < 1.29 is 5.11 Å². The van der Waals surface area contributed by atoms with E-state index in [1.807, 2.05) is 24.3 Å². The van der Waals surface area contributed by atoms with Gasteiger partial charge >= 0.3 is 0 Å². The summed E-state index contributed by atoms with van der Waals surface area (Å²) in [5.74, 6) is 0.301. The highest BCUT2D eigenvalue weighted by molar-refractivity contribution is 5.27. The van der Waals surface area contributed by atoms with Gasteiger partial charge in [-0.15, -0.1) is 0 Å². The number of aromatic hydroxyl groups is 1. The molecule has 1 heterocycles. The maximum Gasteiger partial charge on any atom is 0.115 e. The molecule has 1 atom stereocenters. The summed E-state index contributed by atoms with van der Waals surface area (Å²) in [7, 11) is 0. The Morgan fingerprint density at radius 2 is 1.76 bits per heavy atom. The molecule has 0 aliphatic carbocycles. The number of pyridine rings is 1. The molecule has 0 saturated heterocycles. The summed E-state index contributed by atoms with van der Waals surface area (Å²) in [6.45, 7) is 2.91. The maximum atomic E-state index is 9.22. The van der Waals surface area contributed by atoms with E-state index in [9.17, 15) is 5.11 Å². The number of hydrogen-bond donors (Lipinski definition) is 2. The summed E-state index contributed by atoms with van der Waals surface area (Å²) < 4.78 is 0. The molecule has 0 aliphatic heterocycles. The van der Waals surface area contributed by atoms with Crippen LogP contribution in [0.5, 0.6) is 5.75 Å². The van der Waals surface area contributed by atoms with Crippen molar-refractivity contribution in [3.8, 4) is 5.75 Å². The average molecular weight is 228 g/mol. The molecule has 3 heteroatoms. The van der Waals surface area contributed by atoms with Crippen molar-refractivity contribution in [1.82, 2.24) is 10.3 Å². The van der Waals surface area contributed by atoms with E-state index in [1.54, 1.807) is 24.5 Å². The Hall–Kier alpha value is -1.87. The van der Waals surface area contributed by atoms with Gasteiger partial charge in [-0.2, -0.15) is 0 Å². The zero-order valence-corrected chi connectivity index (χ0v) is 9.80. The predicted molar refractivity (Wildman–Crippen MR) is 67.6 cm³/mol. The van der Waals surface area contributed by atoms with Crippen LogP contribution in [-0.4, -0.2) is 10.1 Å². The van der Waals surface area contributed by atoms with Crippen molar-refractivity contribution in [3.05, 3.63) is 59.9 Å². The van der Waals surface area contributed by atoms with Crippen LogP contribution in [0, 0.1) is 0 Å². The lowest BCUT2D eigenvalue weighted by Crippen LogP contribution is -2.17. The van der Waals surface area contributed by atoms with Crippen LogP contribution in [0.1, 0.15) is 24.1 Å². The standard InChI is InChI=1S/C14H16N2O/c1-11(13-2-4-14(17)5-3-13)16-10-12-6-8-15-9-7-12/h2-9,11,16-17H,10H2,1H3. The normalized spacial score (nSPS) is 12.3. The Kier molecular flexibility index (Phi) is 3.73. The quantitative estimate of drug-likeness (QED) is 0.845. The van der Waals surface area contributed by atoms with E-state index in [2.05, 4.69) is 17.2 Å². The molecule has 0 bridgehead atoms. The largest absolute Gasteiger partial charge is 0.508 e. The lowest BCUT2D eigenvalue weighted by atomic mass is 10.1. The predicted octanol–water partition coefficient (Wildman–Crippen LogP) is 2.64. The van der Waals surface area contributed by atoms with Crippen molar-refractivity contribution in [2.24, 2.45) is 0 Å². The van der Waals surface area contributed by atoms with E-state index in [0.29, 0.717) is 5.75 Å². The summed E-state index contributed by atoms with van der Waals surface area (Å²) in [5, 5.41) is 12.6. The Morgan fingerprint density at radius 1 is 1.12 bits per heavy atom. The zero-order valence-electron chi connectivity index (χ0n) is 9.80. The van der Waals surface area contributed by atoms with Gasteiger partial charge in [0.1, 0.15) is 5.75 Å². The van der Waals surface area contributed by atoms with Gasteiger partial charge < -0.3 is 10.4 Å². The number of benzene rings is 1. The number of rotatable bonds is 4. The summed E-state index contributed by atoms with van der Waals surface area (Å²) in [4.78, 5) is 3.98. The van der Waals surface area contributed by atoms with Crippen LogP contribution in [0.25, 0.3) is 0 Å². The number of hydrogen-bond acceptors (Lipinski definition) is 3. The van der Waals surface area contributed by atoms with Crippen LogP contribution >= 0.6 is 0 Å². The Labute approximate surface area is 101 Å². The number of aromatic nitrogens is 1. The van der Waals surface area contributed by atoms with Gasteiger partial charge in [-0.25, -0.2) is 0 Å². The molecule has 1 aromatic heterocycles. The molecule has 88 valence electrons. The Morgan fingerprint density at radius 3 is 2.41 bits per heavy atom. The fourth-order valence-corrected chi connectivity index (χ4v) is 1.65. The van der Waals surface area contributed by atoms with Gasteiger partial charge in [0.25, 0.3) is 0 Å². The topological polar surface area (TPSA) is 45.2 Å². The average Bonchev–Trinajstić information content (AvgIpc) is 2.38. The molecule has 0 spiro atoms. The molecule has 2 aromatic rings. The fourth-order valence-electron chi connectivity index (χ4n) is 1.65. The second-order valence-corrected chi connectivity index (χ2v) is 4.05. The smallest absolute Gasteiger partial charge is 0.115 e. The van der Waals surface area contributed by atoms with Gasteiger partial charge in [0.2, 0.25) is 0 Å².